The number of pyridine rings is 1. The molecule has 1 fully saturated rings. The lowest BCUT2D eigenvalue weighted by Gasteiger charge is -2.36. The molecule has 1 aromatic heterocycles. The topological polar surface area (TPSA) is 60.8 Å². The summed E-state index contributed by atoms with van der Waals surface area (Å²) >= 11 is 6.26. The molecule has 4 aliphatic rings. The van der Waals surface area contributed by atoms with Crippen LogP contribution in [0.1, 0.15) is 57.1 Å². The molecule has 1 unspecified atom stereocenters. The third-order valence-electron chi connectivity index (χ3n) is 6.65. The lowest BCUT2D eigenvalue weighted by molar-refractivity contribution is -0.119. The molecule has 2 aliphatic carbocycles. The first kappa shape index (κ1) is 20.2. The molecule has 1 atom stereocenters. The Balaban J connectivity index is 1.35. The zero-order valence-electron chi connectivity index (χ0n) is 17.4. The standard InChI is InChI=1S/C23H25ClFN5O/c1-14(31)23-18-9-6-16(24)11-20(18)27-12-21-29(23)13-28-30(21)17-7-4-15(5-8-17)22-19(25)3-2-10-26-22/h2-3,10-13,15,17,23,27H,4-9H2,1H3/t15-,17-,23?. The van der Waals surface area contributed by atoms with E-state index in [1.807, 2.05) is 22.2 Å². The summed E-state index contributed by atoms with van der Waals surface area (Å²) in [4.78, 5) is 18.9. The molecule has 0 bridgehead atoms. The van der Waals surface area contributed by atoms with Crippen LogP contribution >= 0.6 is 11.6 Å². The maximum absolute atomic E-state index is 14.2. The predicted octanol–water partition coefficient (Wildman–Crippen LogP) is 4.34. The molecule has 6 nitrogen and oxygen atoms in total. The van der Waals surface area contributed by atoms with Gasteiger partial charge in [0.05, 0.1) is 11.7 Å². The van der Waals surface area contributed by atoms with E-state index < -0.39 is 0 Å². The number of ketones is 1. The van der Waals surface area contributed by atoms with E-state index in [0.717, 1.165) is 60.6 Å². The van der Waals surface area contributed by atoms with Crippen LogP contribution in [0.3, 0.4) is 0 Å². The van der Waals surface area contributed by atoms with Crippen molar-refractivity contribution >= 4 is 23.7 Å². The largest absolute Gasteiger partial charge is 0.358 e. The van der Waals surface area contributed by atoms with E-state index >= 15 is 0 Å². The number of aromatic nitrogens is 1. The molecule has 31 heavy (non-hydrogen) atoms. The highest BCUT2D eigenvalue weighted by molar-refractivity contribution is 6.29. The molecule has 0 saturated heterocycles. The number of nitrogens with zero attached hydrogens (tertiary/aromatic N) is 4. The van der Waals surface area contributed by atoms with Crippen LogP contribution in [-0.4, -0.2) is 39.1 Å². The Kier molecular flexibility index (Phi) is 5.30. The van der Waals surface area contributed by atoms with Crippen molar-refractivity contribution in [2.75, 3.05) is 0 Å². The average Bonchev–Trinajstić information content (AvgIpc) is 3.10. The molecule has 0 spiro atoms. The maximum atomic E-state index is 14.2. The number of Topliss-reactive ketones (excluding diaryl/α,β-unsaturated/α-hetero) is 1. The number of nitrogens with one attached hydrogen (secondary N) is 1. The van der Waals surface area contributed by atoms with Crippen molar-refractivity contribution in [1.82, 2.24) is 20.2 Å². The summed E-state index contributed by atoms with van der Waals surface area (Å²) in [6, 6.07) is 2.92. The molecule has 5 rings (SSSR count). The molecule has 1 saturated carbocycles. The molecule has 8 heteroatoms. The van der Waals surface area contributed by atoms with Gasteiger partial charge in [-0.1, -0.05) is 11.6 Å². The molecule has 0 radical (unpaired) electrons. The Morgan fingerprint density at radius 3 is 2.81 bits per heavy atom. The fourth-order valence-electron chi connectivity index (χ4n) is 5.14. The van der Waals surface area contributed by atoms with Gasteiger partial charge in [-0.3, -0.25) is 9.78 Å². The van der Waals surface area contributed by atoms with E-state index in [2.05, 4.69) is 15.4 Å². The summed E-state index contributed by atoms with van der Waals surface area (Å²) < 4.78 is 14.2. The van der Waals surface area contributed by atoms with Gasteiger partial charge in [-0.25, -0.2) is 9.40 Å². The van der Waals surface area contributed by atoms with Gasteiger partial charge in [-0.2, -0.15) is 5.10 Å². The SMILES string of the molecule is CC(=O)C1C2=C(C=C(Cl)CC2)NC=C2N1C=NN2[C@H]1CC[C@H](c2ncccc2F)CC1. The van der Waals surface area contributed by atoms with E-state index in [-0.39, 0.29) is 29.6 Å². The Morgan fingerprint density at radius 1 is 1.26 bits per heavy atom. The van der Waals surface area contributed by atoms with Crippen LogP contribution in [0.25, 0.3) is 0 Å². The van der Waals surface area contributed by atoms with Crippen LogP contribution < -0.4 is 5.32 Å². The first-order valence-electron chi connectivity index (χ1n) is 10.8. The Bertz CT molecular complexity index is 1020. The number of hydrazone groups is 1. The minimum absolute atomic E-state index is 0.0798. The second-order valence-corrected chi connectivity index (χ2v) is 9.03. The highest BCUT2D eigenvalue weighted by atomic mass is 35.5. The summed E-state index contributed by atoms with van der Waals surface area (Å²) in [5.41, 5.74) is 2.52. The molecule has 1 aromatic rings. The predicted molar refractivity (Wildman–Crippen MR) is 117 cm³/mol. The van der Waals surface area contributed by atoms with Gasteiger partial charge in [0, 0.05) is 29.0 Å². The van der Waals surface area contributed by atoms with Crippen LogP contribution in [0, 0.1) is 5.82 Å². The Hall–Kier alpha value is -2.67. The van der Waals surface area contributed by atoms with E-state index in [1.165, 1.54) is 6.07 Å². The molecule has 1 N–H and O–H groups in total. The zero-order chi connectivity index (χ0) is 21.5. The number of hydrogen-bond donors (Lipinski definition) is 1. The second kappa shape index (κ2) is 8.11. The smallest absolute Gasteiger partial charge is 0.156 e. The van der Waals surface area contributed by atoms with Gasteiger partial charge < -0.3 is 10.2 Å². The average molecular weight is 442 g/mol. The molecule has 2 aliphatic heterocycles. The first-order valence-corrected chi connectivity index (χ1v) is 11.2. The Labute approximate surface area is 186 Å². The molecule has 0 amide bonds. The van der Waals surface area contributed by atoms with Crippen molar-refractivity contribution in [2.45, 2.75) is 63.5 Å². The quantitative estimate of drug-likeness (QED) is 0.756. The summed E-state index contributed by atoms with van der Waals surface area (Å²) in [6.07, 6.45) is 12.2. The number of halogens is 2. The van der Waals surface area contributed by atoms with Gasteiger partial charge in [0.1, 0.15) is 24.0 Å². The van der Waals surface area contributed by atoms with Crippen LogP contribution in [0.2, 0.25) is 0 Å². The number of fused-ring (bicyclic) bond motifs is 1. The number of allylic oxidation sites excluding steroid dienone is 2. The lowest BCUT2D eigenvalue weighted by atomic mass is 9.83. The summed E-state index contributed by atoms with van der Waals surface area (Å²) in [5, 5.41) is 10.8. The van der Waals surface area contributed by atoms with Gasteiger partial charge in [-0.15, -0.1) is 0 Å². The van der Waals surface area contributed by atoms with E-state index in [1.54, 1.807) is 25.5 Å². The van der Waals surface area contributed by atoms with Crippen molar-refractivity contribution in [2.24, 2.45) is 5.10 Å². The molecular weight excluding hydrogens is 417 g/mol. The van der Waals surface area contributed by atoms with Crippen molar-refractivity contribution in [1.29, 1.82) is 0 Å². The Morgan fingerprint density at radius 2 is 2.06 bits per heavy atom. The summed E-state index contributed by atoms with van der Waals surface area (Å²) in [5.74, 6) is 0.856. The number of rotatable bonds is 3. The minimum atomic E-state index is -0.384. The van der Waals surface area contributed by atoms with Gasteiger partial charge in [0.25, 0.3) is 0 Å². The van der Waals surface area contributed by atoms with Crippen molar-refractivity contribution in [3.63, 3.8) is 0 Å². The normalized spacial score (nSPS) is 27.8. The van der Waals surface area contributed by atoms with Gasteiger partial charge in [0.2, 0.25) is 0 Å². The zero-order valence-corrected chi connectivity index (χ0v) is 18.1. The van der Waals surface area contributed by atoms with Crippen molar-refractivity contribution in [3.8, 4) is 0 Å². The third-order valence-corrected chi connectivity index (χ3v) is 6.94. The minimum Gasteiger partial charge on any atom is -0.358 e. The highest BCUT2D eigenvalue weighted by Gasteiger charge is 2.40. The van der Waals surface area contributed by atoms with Crippen LogP contribution in [-0.2, 0) is 4.79 Å². The summed E-state index contributed by atoms with van der Waals surface area (Å²) in [6.45, 7) is 1.63. The van der Waals surface area contributed by atoms with E-state index in [0.29, 0.717) is 5.69 Å². The highest BCUT2D eigenvalue weighted by Crippen LogP contribution is 2.39. The fourth-order valence-corrected chi connectivity index (χ4v) is 5.34. The molecule has 0 aromatic carbocycles. The molecular formula is C23H25ClFN5O. The molecule has 162 valence electrons. The number of hydrogen-bond acceptors (Lipinski definition) is 6. The monoisotopic (exact) mass is 441 g/mol. The fraction of sp³-hybridized carbons (Fsp3) is 0.435. The van der Waals surface area contributed by atoms with Crippen molar-refractivity contribution in [3.05, 3.63) is 64.2 Å². The van der Waals surface area contributed by atoms with Crippen LogP contribution in [0.15, 0.2) is 57.8 Å². The van der Waals surface area contributed by atoms with Crippen LogP contribution in [0.4, 0.5) is 4.39 Å². The van der Waals surface area contributed by atoms with E-state index in [4.69, 9.17) is 11.6 Å². The van der Waals surface area contributed by atoms with Gasteiger partial charge in [0.15, 0.2) is 5.78 Å². The van der Waals surface area contributed by atoms with Crippen LogP contribution in [0.5, 0.6) is 0 Å². The van der Waals surface area contributed by atoms with E-state index in [9.17, 15) is 9.18 Å². The summed E-state index contributed by atoms with van der Waals surface area (Å²) in [7, 11) is 0. The van der Waals surface area contributed by atoms with Gasteiger partial charge in [-0.05, 0) is 69.2 Å². The number of carbonyl (C=O) groups is 1. The number of carbonyl (C=O) groups excluding carboxylic acids is 1. The lowest BCUT2D eigenvalue weighted by Crippen LogP contribution is -2.42. The third kappa shape index (κ3) is 3.65. The van der Waals surface area contributed by atoms with Gasteiger partial charge >= 0.3 is 0 Å². The first-order chi connectivity index (χ1) is 15.0. The maximum Gasteiger partial charge on any atom is 0.156 e. The second-order valence-electron chi connectivity index (χ2n) is 8.55. The molecule has 3 heterocycles. The van der Waals surface area contributed by atoms with Crippen molar-refractivity contribution < 1.29 is 9.18 Å².